The van der Waals surface area contributed by atoms with Gasteiger partial charge in [0.25, 0.3) is 0 Å². The average Bonchev–Trinajstić information content (AvgIpc) is 2.75. The minimum atomic E-state index is -1.03. The van der Waals surface area contributed by atoms with E-state index < -0.39 is 5.97 Å². The third-order valence-electron chi connectivity index (χ3n) is 2.25. The van der Waals surface area contributed by atoms with Crippen molar-refractivity contribution in [2.75, 3.05) is 0 Å². The highest BCUT2D eigenvalue weighted by Crippen LogP contribution is 2.11. The van der Waals surface area contributed by atoms with Crippen LogP contribution in [0.4, 0.5) is 0 Å². The van der Waals surface area contributed by atoms with E-state index in [4.69, 9.17) is 9.63 Å². The smallest absolute Gasteiger partial charge is 0.335 e. The molecule has 0 atom stereocenters. The molecule has 0 spiro atoms. The van der Waals surface area contributed by atoms with Crippen molar-refractivity contribution >= 4 is 11.8 Å². The van der Waals surface area contributed by atoms with Crippen molar-refractivity contribution in [2.45, 2.75) is 6.92 Å². The van der Waals surface area contributed by atoms with Gasteiger partial charge in [0.1, 0.15) is 5.76 Å². The van der Waals surface area contributed by atoms with Gasteiger partial charge < -0.3 is 9.63 Å². The van der Waals surface area contributed by atoms with E-state index in [1.165, 1.54) is 30.3 Å². The number of benzene rings is 1. The third kappa shape index (κ3) is 2.23. The van der Waals surface area contributed by atoms with Crippen LogP contribution in [-0.4, -0.2) is 22.0 Å². The molecule has 0 amide bonds. The maximum Gasteiger partial charge on any atom is 0.335 e. The Morgan fingerprint density at radius 2 is 1.76 bits per heavy atom. The summed E-state index contributed by atoms with van der Waals surface area (Å²) in [6.45, 7) is 1.69. The highest BCUT2D eigenvalue weighted by molar-refractivity contribution is 6.08. The molecule has 0 fully saturated rings. The van der Waals surface area contributed by atoms with Crippen molar-refractivity contribution in [1.82, 2.24) is 5.16 Å². The number of carbonyl (C=O) groups excluding carboxylic acids is 1. The van der Waals surface area contributed by atoms with Gasteiger partial charge in [-0.2, -0.15) is 0 Å². The van der Waals surface area contributed by atoms with E-state index in [2.05, 4.69) is 5.16 Å². The predicted octanol–water partition coefficient (Wildman–Crippen LogP) is 1.91. The van der Waals surface area contributed by atoms with Gasteiger partial charge in [0, 0.05) is 11.6 Å². The Labute approximate surface area is 96.7 Å². The summed E-state index contributed by atoms with van der Waals surface area (Å²) < 4.78 is 4.80. The molecule has 1 heterocycles. The molecule has 0 saturated carbocycles. The molecule has 0 aliphatic rings. The van der Waals surface area contributed by atoms with Gasteiger partial charge in [0.05, 0.1) is 5.56 Å². The molecule has 1 aromatic carbocycles. The number of aromatic nitrogens is 1. The van der Waals surface area contributed by atoms with E-state index in [1.54, 1.807) is 6.92 Å². The van der Waals surface area contributed by atoms with E-state index in [0.29, 0.717) is 11.3 Å². The predicted molar refractivity (Wildman–Crippen MR) is 58.1 cm³/mol. The summed E-state index contributed by atoms with van der Waals surface area (Å²) >= 11 is 0. The Hall–Kier alpha value is -2.43. The highest BCUT2D eigenvalue weighted by Gasteiger charge is 2.14. The Morgan fingerprint density at radius 3 is 2.24 bits per heavy atom. The van der Waals surface area contributed by atoms with Crippen LogP contribution in [0.25, 0.3) is 0 Å². The first kappa shape index (κ1) is 11.1. The Balaban J connectivity index is 2.29. The van der Waals surface area contributed by atoms with Crippen LogP contribution < -0.4 is 0 Å². The summed E-state index contributed by atoms with van der Waals surface area (Å²) in [5.74, 6) is -0.768. The summed E-state index contributed by atoms with van der Waals surface area (Å²) in [4.78, 5) is 22.5. The highest BCUT2D eigenvalue weighted by atomic mass is 16.5. The number of hydrogen-bond donors (Lipinski definition) is 1. The molecule has 1 aromatic heterocycles. The maximum absolute atomic E-state index is 11.9. The summed E-state index contributed by atoms with van der Waals surface area (Å²) in [5.41, 5.74) is 0.728. The summed E-state index contributed by atoms with van der Waals surface area (Å²) in [5, 5.41) is 12.3. The van der Waals surface area contributed by atoms with Crippen LogP contribution in [0.2, 0.25) is 0 Å². The van der Waals surface area contributed by atoms with Gasteiger partial charge in [-0.3, -0.25) is 4.79 Å². The zero-order valence-corrected chi connectivity index (χ0v) is 9.01. The summed E-state index contributed by atoms with van der Waals surface area (Å²) in [6, 6.07) is 7.20. The van der Waals surface area contributed by atoms with E-state index in [-0.39, 0.29) is 17.0 Å². The molecule has 0 aliphatic carbocycles. The number of carboxylic acids is 1. The molecular weight excluding hydrogens is 222 g/mol. The fraction of sp³-hybridized carbons (Fsp3) is 0.0833. The Bertz CT molecular complexity index is 568. The zero-order valence-electron chi connectivity index (χ0n) is 9.01. The van der Waals surface area contributed by atoms with E-state index >= 15 is 0 Å². The van der Waals surface area contributed by atoms with Crippen LogP contribution in [-0.2, 0) is 0 Å². The van der Waals surface area contributed by atoms with E-state index in [1.807, 2.05) is 0 Å². The molecule has 0 radical (unpaired) electrons. The lowest BCUT2D eigenvalue weighted by Crippen LogP contribution is -2.03. The Morgan fingerprint density at radius 1 is 1.18 bits per heavy atom. The first-order valence-corrected chi connectivity index (χ1v) is 4.89. The van der Waals surface area contributed by atoms with Gasteiger partial charge in [-0.1, -0.05) is 17.3 Å². The van der Waals surface area contributed by atoms with Crippen molar-refractivity contribution in [3.63, 3.8) is 0 Å². The molecule has 2 rings (SSSR count). The number of ketones is 1. The quantitative estimate of drug-likeness (QED) is 0.816. The molecule has 0 unspecified atom stereocenters. The normalized spacial score (nSPS) is 10.2. The topological polar surface area (TPSA) is 80.4 Å². The van der Waals surface area contributed by atoms with Crippen LogP contribution in [0.1, 0.15) is 32.2 Å². The molecule has 2 aromatic rings. The number of aryl methyl sites for hydroxylation is 1. The number of nitrogens with zero attached hydrogens (tertiary/aromatic N) is 1. The van der Waals surface area contributed by atoms with Gasteiger partial charge in [0.15, 0.2) is 5.69 Å². The van der Waals surface area contributed by atoms with Gasteiger partial charge in [0.2, 0.25) is 5.78 Å². The molecule has 5 nitrogen and oxygen atoms in total. The van der Waals surface area contributed by atoms with Gasteiger partial charge in [-0.15, -0.1) is 0 Å². The molecule has 0 aliphatic heterocycles. The lowest BCUT2D eigenvalue weighted by atomic mass is 10.1. The fourth-order valence-corrected chi connectivity index (χ4v) is 1.39. The zero-order chi connectivity index (χ0) is 12.4. The first-order valence-electron chi connectivity index (χ1n) is 4.89. The van der Waals surface area contributed by atoms with E-state index in [0.717, 1.165) is 0 Å². The minimum absolute atomic E-state index is 0.137. The molecule has 0 bridgehead atoms. The average molecular weight is 231 g/mol. The number of rotatable bonds is 3. The summed E-state index contributed by atoms with van der Waals surface area (Å²) in [7, 11) is 0. The number of hydrogen-bond acceptors (Lipinski definition) is 4. The number of carbonyl (C=O) groups is 2. The van der Waals surface area contributed by atoms with Crippen LogP contribution in [0, 0.1) is 6.92 Å². The van der Waals surface area contributed by atoms with Crippen LogP contribution in [0.15, 0.2) is 34.9 Å². The molecule has 0 saturated heterocycles. The maximum atomic E-state index is 11.9. The van der Waals surface area contributed by atoms with Crippen molar-refractivity contribution in [1.29, 1.82) is 0 Å². The SMILES string of the molecule is Cc1cc(C(=O)c2ccc(C(=O)O)cc2)no1. The van der Waals surface area contributed by atoms with Gasteiger partial charge in [-0.05, 0) is 19.1 Å². The molecule has 86 valence electrons. The van der Waals surface area contributed by atoms with Crippen LogP contribution >= 0.6 is 0 Å². The molecule has 17 heavy (non-hydrogen) atoms. The second-order valence-electron chi connectivity index (χ2n) is 3.53. The lowest BCUT2D eigenvalue weighted by Gasteiger charge is -1.97. The first-order chi connectivity index (χ1) is 8.08. The van der Waals surface area contributed by atoms with Crippen molar-refractivity contribution in [3.8, 4) is 0 Å². The lowest BCUT2D eigenvalue weighted by molar-refractivity contribution is 0.0696. The second-order valence-corrected chi connectivity index (χ2v) is 3.53. The molecule has 5 heteroatoms. The fourth-order valence-electron chi connectivity index (χ4n) is 1.39. The van der Waals surface area contributed by atoms with Crippen LogP contribution in [0.5, 0.6) is 0 Å². The third-order valence-corrected chi connectivity index (χ3v) is 2.25. The summed E-state index contributed by atoms with van der Waals surface area (Å²) in [6.07, 6.45) is 0. The van der Waals surface area contributed by atoms with Gasteiger partial charge in [-0.25, -0.2) is 4.79 Å². The standard InChI is InChI=1S/C12H9NO4/c1-7-6-10(13-17-7)11(14)8-2-4-9(5-3-8)12(15)16/h2-6H,1H3,(H,15,16). The van der Waals surface area contributed by atoms with Crippen molar-refractivity contribution in [3.05, 3.63) is 52.9 Å². The van der Waals surface area contributed by atoms with Crippen molar-refractivity contribution < 1.29 is 19.2 Å². The largest absolute Gasteiger partial charge is 0.478 e. The number of aromatic carboxylic acids is 1. The number of carboxylic acid groups (broad SMARTS) is 1. The Kier molecular flexibility index (Phi) is 2.74. The second kappa shape index (κ2) is 4.21. The molecule has 1 N–H and O–H groups in total. The van der Waals surface area contributed by atoms with Crippen LogP contribution in [0.3, 0.4) is 0 Å². The molecular formula is C12H9NO4. The van der Waals surface area contributed by atoms with E-state index in [9.17, 15) is 9.59 Å². The monoisotopic (exact) mass is 231 g/mol. The van der Waals surface area contributed by atoms with Crippen molar-refractivity contribution in [2.24, 2.45) is 0 Å². The minimum Gasteiger partial charge on any atom is -0.478 e. The van der Waals surface area contributed by atoms with Gasteiger partial charge >= 0.3 is 5.97 Å².